The Bertz CT molecular complexity index is 860. The summed E-state index contributed by atoms with van der Waals surface area (Å²) >= 11 is 5.76. The van der Waals surface area contributed by atoms with Crippen molar-refractivity contribution in [3.05, 3.63) is 42.2 Å². The van der Waals surface area contributed by atoms with E-state index in [1.54, 1.807) is 11.0 Å². The predicted molar refractivity (Wildman–Crippen MR) is 118 cm³/mol. The first-order chi connectivity index (χ1) is 15.2. The number of morpholine rings is 1. The molecule has 9 heteroatoms. The molecule has 0 radical (unpaired) electrons. The van der Waals surface area contributed by atoms with Crippen LogP contribution in [0.3, 0.4) is 0 Å². The van der Waals surface area contributed by atoms with Crippen LogP contribution in [-0.4, -0.2) is 73.7 Å². The lowest BCUT2D eigenvalue weighted by Gasteiger charge is -2.34. The minimum atomic E-state index is -0.200. The van der Waals surface area contributed by atoms with Gasteiger partial charge in [-0.1, -0.05) is 5.16 Å². The average molecular weight is 447 g/mol. The van der Waals surface area contributed by atoms with Gasteiger partial charge in [0.05, 0.1) is 13.2 Å². The number of carbonyl (C=O) groups excluding carboxylic acids is 2. The maximum Gasteiger partial charge on any atom is 0.253 e. The van der Waals surface area contributed by atoms with Crippen LogP contribution in [-0.2, 0) is 9.53 Å². The normalized spacial score (nSPS) is 17.6. The molecule has 0 N–H and O–H groups in total. The summed E-state index contributed by atoms with van der Waals surface area (Å²) in [6.07, 6.45) is 3.08. The zero-order valence-electron chi connectivity index (χ0n) is 17.4. The van der Waals surface area contributed by atoms with Crippen LogP contribution >= 0.6 is 11.6 Å². The summed E-state index contributed by atoms with van der Waals surface area (Å²) in [6.45, 7) is 5.07. The van der Waals surface area contributed by atoms with Crippen molar-refractivity contribution in [1.82, 2.24) is 10.1 Å². The molecule has 31 heavy (non-hydrogen) atoms. The Morgan fingerprint density at radius 3 is 2.39 bits per heavy atom. The van der Waals surface area contributed by atoms with Crippen LogP contribution in [0, 0.1) is 5.92 Å². The fraction of sp³-hybridized carbons (Fsp3) is 0.500. The molecule has 2 aliphatic rings. The third-order valence-corrected chi connectivity index (χ3v) is 6.18. The zero-order chi connectivity index (χ0) is 21.6. The number of piperidine rings is 1. The largest absolute Gasteiger partial charge is 0.378 e. The van der Waals surface area contributed by atoms with Gasteiger partial charge < -0.3 is 19.1 Å². The number of nitrogens with zero attached hydrogens (tertiary/aromatic N) is 4. The van der Waals surface area contributed by atoms with Crippen molar-refractivity contribution in [2.24, 2.45) is 5.92 Å². The van der Waals surface area contributed by atoms with Crippen LogP contribution in [0.15, 0.2) is 41.1 Å². The van der Waals surface area contributed by atoms with Gasteiger partial charge in [0.25, 0.3) is 5.91 Å². The molecule has 166 valence electrons. The number of ether oxygens (including phenoxy) is 1. The second-order valence-corrected chi connectivity index (χ2v) is 8.14. The summed E-state index contributed by atoms with van der Waals surface area (Å²) < 4.78 is 10.3. The number of rotatable bonds is 6. The summed E-state index contributed by atoms with van der Waals surface area (Å²) in [5.41, 5.74) is 1.83. The van der Waals surface area contributed by atoms with E-state index < -0.39 is 0 Å². The van der Waals surface area contributed by atoms with Gasteiger partial charge in [0.2, 0.25) is 5.91 Å². The van der Waals surface area contributed by atoms with Crippen molar-refractivity contribution in [3.8, 4) is 0 Å². The number of anilines is 2. The molecule has 1 aromatic heterocycles. The van der Waals surface area contributed by atoms with Gasteiger partial charge in [-0.05, 0) is 43.0 Å². The van der Waals surface area contributed by atoms with Crippen LogP contribution in [0.1, 0.15) is 23.2 Å². The molecule has 2 aromatic rings. The summed E-state index contributed by atoms with van der Waals surface area (Å²) in [6, 6.07) is 9.50. The van der Waals surface area contributed by atoms with Crippen molar-refractivity contribution in [2.45, 2.75) is 12.8 Å². The molecule has 4 rings (SSSR count). The number of benzene rings is 1. The first kappa shape index (κ1) is 21.6. The fourth-order valence-electron chi connectivity index (χ4n) is 4.14. The maximum absolute atomic E-state index is 12.9. The quantitative estimate of drug-likeness (QED) is 0.635. The highest BCUT2D eigenvalue weighted by molar-refractivity contribution is 6.29. The number of alkyl halides is 1. The molecular weight excluding hydrogens is 420 g/mol. The lowest BCUT2D eigenvalue weighted by Crippen LogP contribution is -2.43. The third-order valence-electron chi connectivity index (χ3n) is 5.95. The van der Waals surface area contributed by atoms with Gasteiger partial charge in [-0.15, -0.1) is 11.6 Å². The average Bonchev–Trinajstić information content (AvgIpc) is 3.37. The van der Waals surface area contributed by atoms with Gasteiger partial charge in [-0.3, -0.25) is 14.5 Å². The lowest BCUT2D eigenvalue weighted by atomic mass is 9.95. The summed E-state index contributed by atoms with van der Waals surface area (Å²) in [7, 11) is 0. The molecule has 0 saturated carbocycles. The van der Waals surface area contributed by atoms with Crippen molar-refractivity contribution < 1.29 is 18.8 Å². The van der Waals surface area contributed by atoms with E-state index in [1.165, 1.54) is 6.26 Å². The summed E-state index contributed by atoms with van der Waals surface area (Å²) in [5.74, 6) is 0.498. The number of hydrogen-bond donors (Lipinski definition) is 0. The fourth-order valence-corrected chi connectivity index (χ4v) is 4.28. The topological polar surface area (TPSA) is 79.1 Å². The highest BCUT2D eigenvalue weighted by Crippen LogP contribution is 2.24. The van der Waals surface area contributed by atoms with E-state index in [0.717, 1.165) is 44.8 Å². The van der Waals surface area contributed by atoms with Gasteiger partial charge >= 0.3 is 0 Å². The Hall–Kier alpha value is -2.58. The molecule has 3 heterocycles. The molecule has 0 aliphatic carbocycles. The number of likely N-dealkylation sites (tertiary alicyclic amines) is 1. The number of hydrogen-bond acceptors (Lipinski definition) is 6. The molecule has 2 fully saturated rings. The lowest BCUT2D eigenvalue weighted by molar-refractivity contribution is -0.116. The molecule has 0 atom stereocenters. The minimum Gasteiger partial charge on any atom is -0.378 e. The first-order valence-electron chi connectivity index (χ1n) is 10.6. The molecule has 2 amide bonds. The second kappa shape index (κ2) is 10.2. The molecule has 0 bridgehead atoms. The highest BCUT2D eigenvalue weighted by atomic mass is 35.5. The van der Waals surface area contributed by atoms with E-state index in [2.05, 4.69) is 10.1 Å². The molecule has 2 aliphatic heterocycles. The molecule has 0 spiro atoms. The van der Waals surface area contributed by atoms with Crippen LogP contribution < -0.4 is 9.80 Å². The maximum atomic E-state index is 12.9. The minimum absolute atomic E-state index is 0.0529. The van der Waals surface area contributed by atoms with Crippen molar-refractivity contribution in [3.63, 3.8) is 0 Å². The Labute approximate surface area is 186 Å². The van der Waals surface area contributed by atoms with Gasteiger partial charge in [0.15, 0.2) is 5.82 Å². The number of halogens is 1. The van der Waals surface area contributed by atoms with Crippen molar-refractivity contribution >= 4 is 34.9 Å². The van der Waals surface area contributed by atoms with E-state index >= 15 is 0 Å². The Balaban J connectivity index is 1.31. The van der Waals surface area contributed by atoms with E-state index in [1.807, 2.05) is 29.2 Å². The Morgan fingerprint density at radius 1 is 1.06 bits per heavy atom. The van der Waals surface area contributed by atoms with E-state index in [9.17, 15) is 9.59 Å². The first-order valence-corrected chi connectivity index (χ1v) is 11.2. The van der Waals surface area contributed by atoms with Crippen LogP contribution in [0.4, 0.5) is 11.5 Å². The molecule has 2 saturated heterocycles. The Kier molecular flexibility index (Phi) is 7.09. The van der Waals surface area contributed by atoms with Gasteiger partial charge in [0, 0.05) is 50.0 Å². The van der Waals surface area contributed by atoms with Gasteiger partial charge in [-0.25, -0.2) is 0 Å². The molecular formula is C22H27ClN4O4. The SMILES string of the molecule is O=C(c1ccc(N2CCOCC2)cc1)N1CCC(CN(C(=O)CCl)c2ccon2)CC1. The number of carbonyl (C=O) groups is 2. The van der Waals surface area contributed by atoms with E-state index in [-0.39, 0.29) is 23.6 Å². The van der Waals surface area contributed by atoms with Crippen molar-refractivity contribution in [1.29, 1.82) is 0 Å². The number of aromatic nitrogens is 1. The molecule has 0 unspecified atom stereocenters. The van der Waals surface area contributed by atoms with Gasteiger partial charge in [-0.2, -0.15) is 0 Å². The zero-order valence-corrected chi connectivity index (χ0v) is 18.2. The third kappa shape index (κ3) is 5.19. The van der Waals surface area contributed by atoms with Crippen molar-refractivity contribution in [2.75, 3.05) is 61.6 Å². The standard InChI is InChI=1S/C22H27ClN4O4/c23-15-21(28)27(20-7-12-31-24-20)16-17-5-8-26(9-6-17)22(29)18-1-3-19(4-2-18)25-10-13-30-14-11-25/h1-4,7,12,17H,5-6,8-11,13-16H2. The highest BCUT2D eigenvalue weighted by Gasteiger charge is 2.28. The molecule has 8 nitrogen and oxygen atoms in total. The molecule has 1 aromatic carbocycles. The summed E-state index contributed by atoms with van der Waals surface area (Å²) in [5, 5.41) is 3.87. The van der Waals surface area contributed by atoms with Crippen LogP contribution in [0.25, 0.3) is 0 Å². The Morgan fingerprint density at radius 2 is 1.77 bits per heavy atom. The van der Waals surface area contributed by atoms with Crippen LogP contribution in [0.2, 0.25) is 0 Å². The van der Waals surface area contributed by atoms with Crippen LogP contribution in [0.5, 0.6) is 0 Å². The summed E-state index contributed by atoms with van der Waals surface area (Å²) in [4.78, 5) is 30.9. The van der Waals surface area contributed by atoms with Gasteiger partial charge in [0.1, 0.15) is 12.1 Å². The second-order valence-electron chi connectivity index (χ2n) is 7.88. The monoisotopic (exact) mass is 446 g/mol. The van der Waals surface area contributed by atoms with E-state index in [0.29, 0.717) is 31.0 Å². The van der Waals surface area contributed by atoms with E-state index in [4.69, 9.17) is 20.9 Å². The predicted octanol–water partition coefficient (Wildman–Crippen LogP) is 2.64. The number of amides is 2. The smallest absolute Gasteiger partial charge is 0.253 e.